The molecule has 2 nitrogen and oxygen atoms in total. The molecule has 0 amide bonds. The second-order valence-electron chi connectivity index (χ2n) is 4.86. The molecule has 0 bridgehead atoms. The van der Waals surface area contributed by atoms with Crippen molar-refractivity contribution in [2.24, 2.45) is 0 Å². The van der Waals surface area contributed by atoms with E-state index in [0.717, 1.165) is 17.2 Å². The fraction of sp³-hybridized carbons (Fsp3) is 0.692. The molecular weight excluding hydrogens is 252 g/mol. The second kappa shape index (κ2) is 6.19. The maximum Gasteiger partial charge on any atom is 0.0931 e. The lowest BCUT2D eigenvalue weighted by molar-refractivity contribution is 0.117. The highest BCUT2D eigenvalue weighted by Crippen LogP contribution is 2.28. The molecule has 0 aliphatic rings. The van der Waals surface area contributed by atoms with E-state index in [1.54, 1.807) is 11.3 Å². The molecule has 1 aromatic heterocycles. The standard InChI is InChI=1S/C13H23ClN2S/c1-6-13(2,16(4)5)11(15-3)9-10-7-8-12(14)17-10/h7-8,11,15H,6,9H2,1-5H3. The summed E-state index contributed by atoms with van der Waals surface area (Å²) < 4.78 is 0.873. The summed E-state index contributed by atoms with van der Waals surface area (Å²) in [6.07, 6.45) is 2.14. The topological polar surface area (TPSA) is 15.3 Å². The number of nitrogens with zero attached hydrogens (tertiary/aromatic N) is 1. The molecule has 0 fully saturated rings. The van der Waals surface area contributed by atoms with E-state index in [9.17, 15) is 0 Å². The van der Waals surface area contributed by atoms with Gasteiger partial charge < -0.3 is 10.2 Å². The third-order valence-corrected chi connectivity index (χ3v) is 5.12. The Hall–Kier alpha value is -0.0900. The molecule has 4 heteroatoms. The number of halogens is 1. The number of rotatable bonds is 6. The van der Waals surface area contributed by atoms with Crippen molar-refractivity contribution in [3.05, 3.63) is 21.3 Å². The zero-order chi connectivity index (χ0) is 13.1. The first-order chi connectivity index (χ1) is 7.93. The minimum absolute atomic E-state index is 0.158. The summed E-state index contributed by atoms with van der Waals surface area (Å²) in [7, 11) is 6.34. The van der Waals surface area contributed by atoms with E-state index in [1.165, 1.54) is 4.88 Å². The molecule has 0 saturated carbocycles. The molecule has 17 heavy (non-hydrogen) atoms. The van der Waals surface area contributed by atoms with Crippen LogP contribution in [0.3, 0.4) is 0 Å². The van der Waals surface area contributed by atoms with Gasteiger partial charge >= 0.3 is 0 Å². The normalized spacial score (nSPS) is 17.1. The molecule has 1 N–H and O–H groups in total. The van der Waals surface area contributed by atoms with E-state index in [-0.39, 0.29) is 5.54 Å². The lowest BCUT2D eigenvalue weighted by Crippen LogP contribution is -2.56. The maximum absolute atomic E-state index is 5.99. The average molecular weight is 275 g/mol. The van der Waals surface area contributed by atoms with Gasteiger partial charge in [-0.15, -0.1) is 11.3 Å². The number of hydrogen-bond donors (Lipinski definition) is 1. The number of likely N-dealkylation sites (N-methyl/N-ethyl adjacent to an activating group) is 2. The van der Waals surface area contributed by atoms with Crippen molar-refractivity contribution >= 4 is 22.9 Å². The van der Waals surface area contributed by atoms with E-state index in [1.807, 2.05) is 13.1 Å². The molecule has 0 spiro atoms. The Balaban J connectivity index is 2.83. The van der Waals surface area contributed by atoms with Gasteiger partial charge in [0.05, 0.1) is 4.34 Å². The van der Waals surface area contributed by atoms with Gasteiger partial charge in [0.2, 0.25) is 0 Å². The zero-order valence-electron chi connectivity index (χ0n) is 11.4. The molecule has 1 heterocycles. The first-order valence-electron chi connectivity index (χ1n) is 6.03. The molecule has 0 radical (unpaired) electrons. The second-order valence-corrected chi connectivity index (χ2v) is 6.66. The van der Waals surface area contributed by atoms with Gasteiger partial charge in [-0.2, -0.15) is 0 Å². The highest BCUT2D eigenvalue weighted by Gasteiger charge is 2.33. The van der Waals surface area contributed by atoms with Crippen molar-refractivity contribution in [2.75, 3.05) is 21.1 Å². The number of hydrogen-bond acceptors (Lipinski definition) is 3. The van der Waals surface area contributed by atoms with Gasteiger partial charge in [0.25, 0.3) is 0 Å². The zero-order valence-corrected chi connectivity index (χ0v) is 13.0. The summed E-state index contributed by atoms with van der Waals surface area (Å²) in [6, 6.07) is 4.54. The summed E-state index contributed by atoms with van der Waals surface area (Å²) in [4.78, 5) is 3.65. The summed E-state index contributed by atoms with van der Waals surface area (Å²) in [6.45, 7) is 4.55. The van der Waals surface area contributed by atoms with Crippen LogP contribution in [0.1, 0.15) is 25.1 Å². The summed E-state index contributed by atoms with van der Waals surface area (Å²) >= 11 is 7.66. The highest BCUT2D eigenvalue weighted by atomic mass is 35.5. The van der Waals surface area contributed by atoms with Gasteiger partial charge in [0.15, 0.2) is 0 Å². The van der Waals surface area contributed by atoms with Crippen LogP contribution in [0, 0.1) is 0 Å². The molecule has 98 valence electrons. The van der Waals surface area contributed by atoms with Crippen molar-refractivity contribution in [3.8, 4) is 0 Å². The van der Waals surface area contributed by atoms with Crippen LogP contribution in [-0.2, 0) is 6.42 Å². The van der Waals surface area contributed by atoms with E-state index >= 15 is 0 Å². The van der Waals surface area contributed by atoms with Crippen LogP contribution in [0.2, 0.25) is 4.34 Å². The van der Waals surface area contributed by atoms with Crippen LogP contribution in [0.25, 0.3) is 0 Å². The van der Waals surface area contributed by atoms with Gasteiger partial charge in [-0.25, -0.2) is 0 Å². The highest BCUT2D eigenvalue weighted by molar-refractivity contribution is 7.16. The molecule has 2 atom stereocenters. The van der Waals surface area contributed by atoms with Crippen LogP contribution in [0.15, 0.2) is 12.1 Å². The average Bonchev–Trinajstić information content (AvgIpc) is 2.70. The van der Waals surface area contributed by atoms with Crippen molar-refractivity contribution in [3.63, 3.8) is 0 Å². The van der Waals surface area contributed by atoms with Crippen molar-refractivity contribution < 1.29 is 0 Å². The number of thiophene rings is 1. The van der Waals surface area contributed by atoms with E-state index < -0.39 is 0 Å². The summed E-state index contributed by atoms with van der Waals surface area (Å²) in [5, 5.41) is 3.45. The minimum atomic E-state index is 0.158. The Morgan fingerprint density at radius 3 is 2.47 bits per heavy atom. The fourth-order valence-electron chi connectivity index (χ4n) is 2.17. The minimum Gasteiger partial charge on any atom is -0.315 e. The first kappa shape index (κ1) is 15.0. The van der Waals surface area contributed by atoms with E-state index in [4.69, 9.17) is 11.6 Å². The maximum atomic E-state index is 5.99. The molecule has 0 aliphatic carbocycles. The van der Waals surface area contributed by atoms with Gasteiger partial charge in [-0.05, 0) is 53.0 Å². The smallest absolute Gasteiger partial charge is 0.0931 e. The van der Waals surface area contributed by atoms with Gasteiger partial charge in [0.1, 0.15) is 0 Å². The SMILES string of the molecule is CCC(C)(C(Cc1ccc(Cl)s1)NC)N(C)C. The third kappa shape index (κ3) is 3.44. The summed E-state index contributed by atoms with van der Waals surface area (Å²) in [5.74, 6) is 0. The molecule has 0 aliphatic heterocycles. The monoisotopic (exact) mass is 274 g/mol. The fourth-order valence-corrected chi connectivity index (χ4v) is 3.30. The van der Waals surface area contributed by atoms with Crippen LogP contribution >= 0.6 is 22.9 Å². The number of nitrogens with one attached hydrogen (secondary N) is 1. The van der Waals surface area contributed by atoms with Gasteiger partial charge in [0, 0.05) is 16.5 Å². The Labute approximate surface area is 114 Å². The Morgan fingerprint density at radius 2 is 2.12 bits per heavy atom. The lowest BCUT2D eigenvalue weighted by atomic mass is 9.85. The van der Waals surface area contributed by atoms with Crippen molar-refractivity contribution in [1.82, 2.24) is 10.2 Å². The largest absolute Gasteiger partial charge is 0.315 e. The molecular formula is C13H23ClN2S. The van der Waals surface area contributed by atoms with Crippen LogP contribution < -0.4 is 5.32 Å². The van der Waals surface area contributed by atoms with E-state index in [0.29, 0.717) is 6.04 Å². The Bertz CT molecular complexity index is 351. The Morgan fingerprint density at radius 1 is 1.47 bits per heavy atom. The third-order valence-electron chi connectivity index (χ3n) is 3.87. The van der Waals surface area contributed by atoms with Crippen LogP contribution in [-0.4, -0.2) is 37.6 Å². The van der Waals surface area contributed by atoms with Crippen molar-refractivity contribution in [2.45, 2.75) is 38.3 Å². The lowest BCUT2D eigenvalue weighted by Gasteiger charge is -2.42. The quantitative estimate of drug-likeness (QED) is 0.857. The predicted molar refractivity (Wildman–Crippen MR) is 78.3 cm³/mol. The molecule has 0 saturated heterocycles. The van der Waals surface area contributed by atoms with E-state index in [2.05, 4.69) is 44.2 Å². The molecule has 2 unspecified atom stereocenters. The van der Waals surface area contributed by atoms with Crippen LogP contribution in [0.4, 0.5) is 0 Å². The van der Waals surface area contributed by atoms with Crippen LogP contribution in [0.5, 0.6) is 0 Å². The first-order valence-corrected chi connectivity index (χ1v) is 7.22. The van der Waals surface area contributed by atoms with Gasteiger partial charge in [-0.1, -0.05) is 18.5 Å². The summed E-state index contributed by atoms with van der Waals surface area (Å²) in [5.41, 5.74) is 0.158. The van der Waals surface area contributed by atoms with Crippen molar-refractivity contribution in [1.29, 1.82) is 0 Å². The van der Waals surface area contributed by atoms with Gasteiger partial charge in [-0.3, -0.25) is 0 Å². The molecule has 1 aromatic rings. The predicted octanol–water partition coefficient (Wildman–Crippen LogP) is 3.26. The molecule has 1 rings (SSSR count). The Kier molecular flexibility index (Phi) is 5.45. The molecule has 0 aromatic carbocycles.